The Bertz CT molecular complexity index is 898. The van der Waals surface area contributed by atoms with Crippen molar-refractivity contribution >= 4 is 11.7 Å². The van der Waals surface area contributed by atoms with Crippen LogP contribution in [-0.2, 0) is 17.8 Å². The van der Waals surface area contributed by atoms with Gasteiger partial charge in [-0.3, -0.25) is 14.6 Å². The summed E-state index contributed by atoms with van der Waals surface area (Å²) >= 11 is 0. The molecule has 1 aromatic carbocycles. The first-order valence-corrected chi connectivity index (χ1v) is 8.69. The number of amides is 1. The number of methoxy groups -OCH3 is 1. The van der Waals surface area contributed by atoms with Crippen LogP contribution >= 0.6 is 0 Å². The van der Waals surface area contributed by atoms with Crippen LogP contribution < -0.4 is 14.8 Å². The molecule has 0 saturated heterocycles. The van der Waals surface area contributed by atoms with E-state index in [1.165, 1.54) is 32.2 Å². The van der Waals surface area contributed by atoms with E-state index in [1.807, 2.05) is 0 Å². The van der Waals surface area contributed by atoms with Crippen LogP contribution in [0.25, 0.3) is 0 Å². The van der Waals surface area contributed by atoms with Crippen LogP contribution in [0.4, 0.5) is 13.2 Å². The number of ether oxygens (including phenoxy) is 2. The fraction of sp³-hybridized carbons (Fsp3) is 0.350. The Morgan fingerprint density at radius 1 is 1.14 bits per heavy atom. The van der Waals surface area contributed by atoms with Crippen molar-refractivity contribution < 1.29 is 32.2 Å². The van der Waals surface area contributed by atoms with E-state index in [1.54, 1.807) is 19.1 Å². The van der Waals surface area contributed by atoms with Gasteiger partial charge in [-0.05, 0) is 43.7 Å². The molecule has 1 heterocycles. The lowest BCUT2D eigenvalue weighted by Crippen LogP contribution is -2.23. The maximum absolute atomic E-state index is 12.4. The number of benzene rings is 1. The molecular formula is C20H21F3N2O4. The van der Waals surface area contributed by atoms with Crippen LogP contribution in [0.3, 0.4) is 0 Å². The number of aryl methyl sites for hydroxylation is 1. The minimum absolute atomic E-state index is 0.0430. The minimum Gasteiger partial charge on any atom is -0.493 e. The van der Waals surface area contributed by atoms with Crippen LogP contribution in [0.15, 0.2) is 30.3 Å². The molecule has 0 radical (unpaired) electrons. The fourth-order valence-corrected chi connectivity index (χ4v) is 2.60. The lowest BCUT2D eigenvalue weighted by Gasteiger charge is -2.14. The molecule has 0 aliphatic rings. The first-order valence-electron chi connectivity index (χ1n) is 8.69. The highest BCUT2D eigenvalue weighted by molar-refractivity contribution is 5.94. The van der Waals surface area contributed by atoms with Crippen molar-refractivity contribution in [3.8, 4) is 11.5 Å². The maximum atomic E-state index is 12.4. The predicted molar refractivity (Wildman–Crippen MR) is 99.1 cm³/mol. The third kappa shape index (κ3) is 7.10. The minimum atomic E-state index is -4.46. The number of Topliss-reactive ketones (excluding diaryl/α,β-unsaturated/α-hetero) is 1. The van der Waals surface area contributed by atoms with Gasteiger partial charge >= 0.3 is 6.18 Å². The Hall–Kier alpha value is -3.10. The van der Waals surface area contributed by atoms with Crippen molar-refractivity contribution in [3.05, 3.63) is 52.8 Å². The molecular weight excluding hydrogens is 389 g/mol. The first kappa shape index (κ1) is 22.2. The van der Waals surface area contributed by atoms with E-state index in [-0.39, 0.29) is 36.2 Å². The summed E-state index contributed by atoms with van der Waals surface area (Å²) < 4.78 is 46.7. The number of carbonyl (C=O) groups excluding carboxylic acids is 2. The van der Waals surface area contributed by atoms with E-state index in [2.05, 4.69) is 10.3 Å². The van der Waals surface area contributed by atoms with Crippen molar-refractivity contribution in [3.63, 3.8) is 0 Å². The number of hydrogen-bond donors (Lipinski definition) is 1. The molecule has 0 atom stereocenters. The highest BCUT2D eigenvalue weighted by Gasteiger charge is 2.29. The predicted octanol–water partition coefficient (Wildman–Crippen LogP) is 3.40. The normalized spacial score (nSPS) is 11.1. The molecule has 0 fully saturated rings. The quantitative estimate of drug-likeness (QED) is 0.722. The molecule has 0 unspecified atom stereocenters. The van der Waals surface area contributed by atoms with Crippen LogP contribution in [0.2, 0.25) is 0 Å². The molecule has 1 aromatic heterocycles. The summed E-state index contributed by atoms with van der Waals surface area (Å²) in [4.78, 5) is 27.9. The Balaban J connectivity index is 2.06. The molecule has 1 amide bonds. The number of hydrogen-bond acceptors (Lipinski definition) is 5. The molecule has 0 spiro atoms. The molecule has 0 aliphatic carbocycles. The van der Waals surface area contributed by atoms with Gasteiger partial charge in [-0.1, -0.05) is 6.07 Å². The summed E-state index contributed by atoms with van der Waals surface area (Å²) in [5.41, 5.74) is 2.10. The van der Waals surface area contributed by atoms with E-state index >= 15 is 0 Å². The Morgan fingerprint density at radius 3 is 2.48 bits per heavy atom. The highest BCUT2D eigenvalue weighted by atomic mass is 19.4. The van der Waals surface area contributed by atoms with Gasteiger partial charge in [-0.2, -0.15) is 13.2 Å². The average molecular weight is 410 g/mol. The van der Waals surface area contributed by atoms with E-state index in [0.717, 1.165) is 0 Å². The highest BCUT2D eigenvalue weighted by Crippen LogP contribution is 2.29. The maximum Gasteiger partial charge on any atom is 0.422 e. The standard InChI is InChI=1S/C20H21F3N2O4/c1-12-6-15(9-16(25-12)7-13(2)26)19(27)24-10-14-4-5-17(18(8-14)28-3)29-11-20(21,22)23/h4-6,8-9H,7,10-11H2,1-3H3,(H,24,27). The number of halogens is 3. The Morgan fingerprint density at radius 2 is 1.86 bits per heavy atom. The molecule has 0 bridgehead atoms. The van der Waals surface area contributed by atoms with Crippen LogP contribution in [0, 0.1) is 6.92 Å². The van der Waals surface area contributed by atoms with Gasteiger partial charge < -0.3 is 14.8 Å². The second-order valence-corrected chi connectivity index (χ2v) is 6.44. The lowest BCUT2D eigenvalue weighted by atomic mass is 10.1. The third-order valence-electron chi connectivity index (χ3n) is 3.77. The van der Waals surface area contributed by atoms with Gasteiger partial charge in [0.05, 0.1) is 7.11 Å². The van der Waals surface area contributed by atoms with Crippen LogP contribution in [0.5, 0.6) is 11.5 Å². The molecule has 29 heavy (non-hydrogen) atoms. The molecule has 2 rings (SSSR count). The second kappa shape index (κ2) is 9.40. The summed E-state index contributed by atoms with van der Waals surface area (Å²) in [6, 6.07) is 7.54. The Kier molecular flexibility index (Phi) is 7.19. The van der Waals surface area contributed by atoms with Gasteiger partial charge in [-0.15, -0.1) is 0 Å². The van der Waals surface area contributed by atoms with Crippen molar-refractivity contribution in [2.75, 3.05) is 13.7 Å². The van der Waals surface area contributed by atoms with Gasteiger partial charge in [-0.25, -0.2) is 0 Å². The number of rotatable bonds is 8. The van der Waals surface area contributed by atoms with E-state index in [9.17, 15) is 22.8 Å². The van der Waals surface area contributed by atoms with Gasteiger partial charge in [0, 0.05) is 29.9 Å². The lowest BCUT2D eigenvalue weighted by molar-refractivity contribution is -0.153. The van der Waals surface area contributed by atoms with E-state index < -0.39 is 12.8 Å². The van der Waals surface area contributed by atoms with Crippen molar-refractivity contribution in [1.29, 1.82) is 0 Å². The van der Waals surface area contributed by atoms with Crippen molar-refractivity contribution in [2.24, 2.45) is 0 Å². The molecule has 0 aliphatic heterocycles. The van der Waals surface area contributed by atoms with Gasteiger partial charge in [0.15, 0.2) is 18.1 Å². The zero-order valence-electron chi connectivity index (χ0n) is 16.2. The van der Waals surface area contributed by atoms with Crippen LogP contribution in [-0.4, -0.2) is 36.6 Å². The summed E-state index contributed by atoms with van der Waals surface area (Å²) in [5.74, 6) is -0.339. The molecule has 1 N–H and O–H groups in total. The third-order valence-corrected chi connectivity index (χ3v) is 3.77. The van der Waals surface area contributed by atoms with E-state index in [0.29, 0.717) is 22.5 Å². The number of aromatic nitrogens is 1. The monoisotopic (exact) mass is 410 g/mol. The molecule has 6 nitrogen and oxygen atoms in total. The van der Waals surface area contributed by atoms with E-state index in [4.69, 9.17) is 9.47 Å². The van der Waals surface area contributed by atoms with Gasteiger partial charge in [0.2, 0.25) is 0 Å². The average Bonchev–Trinajstić information content (AvgIpc) is 2.62. The number of carbonyl (C=O) groups is 2. The first-order chi connectivity index (χ1) is 13.6. The van der Waals surface area contributed by atoms with Gasteiger partial charge in [0.1, 0.15) is 5.78 Å². The molecule has 0 saturated carbocycles. The summed E-state index contributed by atoms with van der Waals surface area (Å²) in [5, 5.41) is 2.72. The van der Waals surface area contributed by atoms with Crippen molar-refractivity contribution in [2.45, 2.75) is 33.0 Å². The SMILES string of the molecule is COc1cc(CNC(=O)c2cc(C)nc(CC(C)=O)c2)ccc1OCC(F)(F)F. The largest absolute Gasteiger partial charge is 0.493 e. The Labute approximate surface area is 166 Å². The zero-order valence-corrected chi connectivity index (χ0v) is 16.2. The smallest absolute Gasteiger partial charge is 0.422 e. The second-order valence-electron chi connectivity index (χ2n) is 6.44. The number of pyridine rings is 1. The van der Waals surface area contributed by atoms with Crippen molar-refractivity contribution in [1.82, 2.24) is 10.3 Å². The topological polar surface area (TPSA) is 77.5 Å². The number of nitrogens with zero attached hydrogens (tertiary/aromatic N) is 1. The molecule has 2 aromatic rings. The van der Waals surface area contributed by atoms with Gasteiger partial charge in [0.25, 0.3) is 5.91 Å². The fourth-order valence-electron chi connectivity index (χ4n) is 2.60. The molecule has 156 valence electrons. The number of nitrogens with one attached hydrogen (secondary N) is 1. The van der Waals surface area contributed by atoms with Crippen LogP contribution in [0.1, 0.15) is 34.2 Å². The zero-order chi connectivity index (χ0) is 21.6. The number of ketones is 1. The molecule has 9 heteroatoms. The number of alkyl halides is 3. The summed E-state index contributed by atoms with van der Waals surface area (Å²) in [6.07, 6.45) is -4.32. The summed E-state index contributed by atoms with van der Waals surface area (Å²) in [7, 11) is 1.31. The summed E-state index contributed by atoms with van der Waals surface area (Å²) in [6.45, 7) is 1.87.